The van der Waals surface area contributed by atoms with Crippen LogP contribution in [0.1, 0.15) is 341 Å². The number of hydrogen-bond acceptors (Lipinski definition) is 10. The third kappa shape index (κ3) is 49.0. The van der Waals surface area contributed by atoms with Crippen molar-refractivity contribution >= 4 is 11.9 Å². The van der Waals surface area contributed by atoms with Crippen LogP contribution < -0.4 is 5.32 Å². The van der Waals surface area contributed by atoms with Gasteiger partial charge in [-0.15, -0.1) is 0 Å². The molecule has 0 radical (unpaired) electrons. The summed E-state index contributed by atoms with van der Waals surface area (Å²) in [4.78, 5) is 25.1. The van der Waals surface area contributed by atoms with E-state index in [2.05, 4.69) is 43.5 Å². The van der Waals surface area contributed by atoms with E-state index in [1.165, 1.54) is 250 Å². The molecule has 1 rings (SSSR count). The van der Waals surface area contributed by atoms with Crippen LogP contribution in [-0.2, 0) is 23.8 Å². The quantitative estimate of drug-likeness (QED) is 0.0195. The highest BCUT2D eigenvalue weighted by Crippen LogP contribution is 2.23. The minimum Gasteiger partial charge on any atom is -0.466 e. The van der Waals surface area contributed by atoms with Crippen molar-refractivity contribution in [2.75, 3.05) is 19.8 Å². The van der Waals surface area contributed by atoms with E-state index in [4.69, 9.17) is 14.2 Å². The molecule has 6 N–H and O–H groups in total. The summed E-state index contributed by atoms with van der Waals surface area (Å²) in [7, 11) is 0. The lowest BCUT2D eigenvalue weighted by Gasteiger charge is -2.40. The standard InChI is InChI=1S/C71H133NO10/c1-3-5-7-9-11-13-14-15-36-39-43-47-51-55-59-67(76)80-60-56-52-48-44-40-37-34-32-30-28-26-24-22-20-18-16-17-19-21-23-25-27-29-31-33-35-38-42-46-50-54-58-66(75)72-63(64(74)57-53-49-45-41-12-10-8-6-4-2)62-81-71-70(79)69(78)68(77)65(61-73)82-71/h18,20,24,26,53,57,63-65,68-71,73-74,77-79H,3-17,19,21-23,25,27-52,54-56,58-62H2,1-2H3,(H,72,75)/b20-18-,26-24-,57-53+. The molecule has 1 aliphatic heterocycles. The van der Waals surface area contributed by atoms with Crippen LogP contribution in [0.5, 0.6) is 0 Å². The highest BCUT2D eigenvalue weighted by Gasteiger charge is 2.44. The van der Waals surface area contributed by atoms with E-state index in [-0.39, 0.29) is 18.5 Å². The number of rotatable bonds is 62. The molecule has 11 nitrogen and oxygen atoms in total. The molecule has 0 aliphatic carbocycles. The van der Waals surface area contributed by atoms with Crippen molar-refractivity contribution in [2.45, 2.75) is 384 Å². The van der Waals surface area contributed by atoms with Gasteiger partial charge in [0.25, 0.3) is 0 Å². The van der Waals surface area contributed by atoms with E-state index < -0.39 is 49.5 Å². The third-order valence-electron chi connectivity index (χ3n) is 16.7. The Kier molecular flexibility index (Phi) is 57.5. The van der Waals surface area contributed by atoms with Crippen molar-refractivity contribution in [3.63, 3.8) is 0 Å². The lowest BCUT2D eigenvalue weighted by molar-refractivity contribution is -0.302. The topological polar surface area (TPSA) is 175 Å². The van der Waals surface area contributed by atoms with Gasteiger partial charge >= 0.3 is 5.97 Å². The van der Waals surface area contributed by atoms with Crippen LogP contribution in [0.4, 0.5) is 0 Å². The number of carbonyl (C=O) groups is 2. The summed E-state index contributed by atoms with van der Waals surface area (Å²) in [6, 6.07) is -0.808. The molecule has 7 atom stereocenters. The Bertz CT molecular complexity index is 1460. The number of esters is 1. The predicted octanol–water partition coefficient (Wildman–Crippen LogP) is 17.8. The average Bonchev–Trinajstić information content (AvgIpc) is 3.58. The Morgan fingerprint density at radius 1 is 0.451 bits per heavy atom. The van der Waals surface area contributed by atoms with E-state index in [0.29, 0.717) is 19.4 Å². The van der Waals surface area contributed by atoms with E-state index in [1.54, 1.807) is 6.08 Å². The van der Waals surface area contributed by atoms with Crippen molar-refractivity contribution < 1.29 is 49.3 Å². The normalized spacial score (nSPS) is 18.4. The van der Waals surface area contributed by atoms with Crippen LogP contribution >= 0.6 is 0 Å². The molecular weight excluding hydrogens is 1030 g/mol. The van der Waals surface area contributed by atoms with Gasteiger partial charge in [-0.3, -0.25) is 9.59 Å². The number of aliphatic hydroxyl groups excluding tert-OH is 5. The summed E-state index contributed by atoms with van der Waals surface area (Å²) >= 11 is 0. The number of unbranched alkanes of at least 4 members (excludes halogenated alkanes) is 44. The highest BCUT2D eigenvalue weighted by atomic mass is 16.7. The largest absolute Gasteiger partial charge is 0.466 e. The van der Waals surface area contributed by atoms with Crippen LogP contribution in [0.3, 0.4) is 0 Å². The lowest BCUT2D eigenvalue weighted by atomic mass is 9.99. The van der Waals surface area contributed by atoms with E-state index >= 15 is 0 Å². The van der Waals surface area contributed by atoms with Crippen molar-refractivity contribution in [1.29, 1.82) is 0 Å². The average molecular weight is 1160 g/mol. The number of nitrogens with one attached hydrogen (secondary N) is 1. The van der Waals surface area contributed by atoms with Crippen molar-refractivity contribution in [1.82, 2.24) is 5.32 Å². The first-order valence-electron chi connectivity index (χ1n) is 35.3. The summed E-state index contributed by atoms with van der Waals surface area (Å²) in [5, 5.41) is 54.3. The van der Waals surface area contributed by atoms with Crippen LogP contribution in [0, 0.1) is 0 Å². The maximum atomic E-state index is 13.0. The van der Waals surface area contributed by atoms with Crippen molar-refractivity contribution in [2.24, 2.45) is 0 Å². The van der Waals surface area contributed by atoms with Crippen LogP contribution in [0.15, 0.2) is 36.5 Å². The van der Waals surface area contributed by atoms with Gasteiger partial charge in [0.15, 0.2) is 6.29 Å². The maximum absolute atomic E-state index is 13.0. The van der Waals surface area contributed by atoms with Crippen LogP contribution in [0.25, 0.3) is 0 Å². The molecule has 1 fully saturated rings. The summed E-state index contributed by atoms with van der Waals surface area (Å²) in [5.74, 6) is -0.174. The monoisotopic (exact) mass is 1160 g/mol. The van der Waals surface area contributed by atoms with E-state index in [9.17, 15) is 35.1 Å². The van der Waals surface area contributed by atoms with Gasteiger partial charge in [-0.2, -0.15) is 0 Å². The number of ether oxygens (including phenoxy) is 3. The molecule has 1 amide bonds. The number of allylic oxidation sites excluding steroid dienone is 5. The van der Waals surface area contributed by atoms with Gasteiger partial charge in [-0.05, 0) is 64.2 Å². The molecule has 1 heterocycles. The van der Waals surface area contributed by atoms with Gasteiger partial charge in [-0.25, -0.2) is 0 Å². The number of carbonyl (C=O) groups excluding carboxylic acids is 2. The second-order valence-electron chi connectivity index (χ2n) is 24.6. The molecule has 0 aromatic heterocycles. The lowest BCUT2D eigenvalue weighted by Crippen LogP contribution is -2.60. The second kappa shape index (κ2) is 60.6. The molecule has 82 heavy (non-hydrogen) atoms. The van der Waals surface area contributed by atoms with E-state index in [1.807, 2.05) is 6.08 Å². The first kappa shape index (κ1) is 77.9. The highest BCUT2D eigenvalue weighted by molar-refractivity contribution is 5.76. The second-order valence-corrected chi connectivity index (χ2v) is 24.6. The zero-order valence-electron chi connectivity index (χ0n) is 53.5. The summed E-state index contributed by atoms with van der Waals surface area (Å²) in [6.07, 6.45) is 67.2. The summed E-state index contributed by atoms with van der Waals surface area (Å²) < 4.78 is 16.7. The number of aliphatic hydroxyl groups is 5. The fourth-order valence-electron chi connectivity index (χ4n) is 11.2. The Balaban J connectivity index is 1.93. The Morgan fingerprint density at radius 3 is 1.23 bits per heavy atom. The molecule has 0 saturated carbocycles. The maximum Gasteiger partial charge on any atom is 0.305 e. The van der Waals surface area contributed by atoms with E-state index in [0.717, 1.165) is 64.2 Å². The molecule has 11 heteroatoms. The molecule has 7 unspecified atom stereocenters. The number of hydrogen-bond donors (Lipinski definition) is 6. The summed E-state index contributed by atoms with van der Waals surface area (Å²) in [5.41, 5.74) is 0. The Labute approximate surface area is 504 Å². The van der Waals surface area contributed by atoms with Crippen LogP contribution in [0.2, 0.25) is 0 Å². The molecular formula is C71H133NO10. The first-order valence-corrected chi connectivity index (χ1v) is 35.3. The molecule has 0 aromatic carbocycles. The minimum atomic E-state index is -1.57. The Morgan fingerprint density at radius 2 is 0.817 bits per heavy atom. The van der Waals surface area contributed by atoms with Crippen LogP contribution in [-0.4, -0.2) is 100 Å². The van der Waals surface area contributed by atoms with Gasteiger partial charge in [0.2, 0.25) is 5.91 Å². The predicted molar refractivity (Wildman–Crippen MR) is 343 cm³/mol. The fourth-order valence-corrected chi connectivity index (χ4v) is 11.2. The molecule has 1 aliphatic rings. The third-order valence-corrected chi connectivity index (χ3v) is 16.7. The minimum absolute atomic E-state index is 0.00773. The molecule has 0 bridgehead atoms. The first-order chi connectivity index (χ1) is 40.2. The Hall–Kier alpha value is -2.12. The molecule has 0 spiro atoms. The van der Waals surface area contributed by atoms with Gasteiger partial charge in [0.1, 0.15) is 24.4 Å². The van der Waals surface area contributed by atoms with Crippen molar-refractivity contribution in [3.8, 4) is 0 Å². The van der Waals surface area contributed by atoms with Gasteiger partial charge in [-0.1, -0.05) is 301 Å². The molecule has 482 valence electrons. The molecule has 0 aromatic rings. The summed E-state index contributed by atoms with van der Waals surface area (Å²) in [6.45, 7) is 4.34. The number of amides is 1. The van der Waals surface area contributed by atoms with Gasteiger partial charge < -0.3 is 45.1 Å². The van der Waals surface area contributed by atoms with Crippen molar-refractivity contribution in [3.05, 3.63) is 36.5 Å². The SMILES string of the molecule is CCCCCCCCC/C=C/C(O)C(COC1OC(CO)C(O)C(O)C1O)NC(=O)CCCCCCCCCCCCCCCCC/C=C\C/C=C\CCCCCCCCCCCOC(=O)CCCCCCCCCCCCCCCC. The molecule has 1 saturated heterocycles. The smallest absolute Gasteiger partial charge is 0.305 e. The zero-order valence-corrected chi connectivity index (χ0v) is 53.5. The fraction of sp³-hybridized carbons (Fsp3) is 0.887. The zero-order chi connectivity index (χ0) is 59.5. The van der Waals surface area contributed by atoms with Gasteiger partial charge in [0.05, 0.1) is 32.0 Å². The van der Waals surface area contributed by atoms with Gasteiger partial charge in [0, 0.05) is 12.8 Å².